The fraction of sp³-hybridized carbons (Fsp3) is 1.00. The molecule has 0 saturated carbocycles. The molecule has 0 saturated heterocycles. The third-order valence-corrected chi connectivity index (χ3v) is 5.72. The maximum Gasteiger partial charge on any atom is 0.0279 e. The smallest absolute Gasteiger partial charge is 0.0279 e. The van der Waals surface area contributed by atoms with Crippen molar-refractivity contribution in [3.63, 3.8) is 0 Å². The van der Waals surface area contributed by atoms with Crippen LogP contribution in [0, 0.1) is 5.41 Å². The first kappa shape index (κ1) is 21.3. The van der Waals surface area contributed by atoms with E-state index in [0.717, 1.165) is 5.88 Å². The minimum absolute atomic E-state index is 0.442. The highest BCUT2D eigenvalue weighted by molar-refractivity contribution is 6.18. The van der Waals surface area contributed by atoms with Crippen molar-refractivity contribution >= 4 is 11.6 Å². The van der Waals surface area contributed by atoms with Crippen molar-refractivity contribution in [2.45, 2.75) is 117 Å². The average Bonchev–Trinajstić information content (AvgIpc) is 2.52. The molecule has 0 heterocycles. The van der Waals surface area contributed by atoms with Gasteiger partial charge in [-0.1, -0.05) is 97.8 Å². The summed E-state index contributed by atoms with van der Waals surface area (Å²) >= 11 is 6.28. The lowest BCUT2D eigenvalue weighted by molar-refractivity contribution is 0.248. The lowest BCUT2D eigenvalue weighted by Crippen LogP contribution is -2.22. The second-order valence-electron chi connectivity index (χ2n) is 7.02. The Morgan fingerprint density at radius 1 is 0.571 bits per heavy atom. The number of hydrogen-bond acceptors (Lipinski definition) is 0. The van der Waals surface area contributed by atoms with E-state index in [9.17, 15) is 0 Å². The number of alkyl halides is 1. The molecule has 0 aliphatic heterocycles. The first-order valence-electron chi connectivity index (χ1n) is 9.80. The zero-order valence-electron chi connectivity index (χ0n) is 15.2. The molecular formula is C20H41Cl. The second-order valence-corrected chi connectivity index (χ2v) is 7.29. The van der Waals surface area contributed by atoms with E-state index < -0.39 is 0 Å². The Balaban J connectivity index is 3.53. The summed E-state index contributed by atoms with van der Waals surface area (Å²) in [7, 11) is 0. The Labute approximate surface area is 140 Å². The number of unbranched alkanes of at least 4 members (excludes halogenated alkanes) is 10. The van der Waals surface area contributed by atoms with Crippen LogP contribution in [0.1, 0.15) is 117 Å². The van der Waals surface area contributed by atoms with Gasteiger partial charge in [0, 0.05) is 5.88 Å². The van der Waals surface area contributed by atoms with Crippen LogP contribution in [0.5, 0.6) is 0 Å². The van der Waals surface area contributed by atoms with Gasteiger partial charge >= 0.3 is 0 Å². The minimum atomic E-state index is 0.442. The summed E-state index contributed by atoms with van der Waals surface area (Å²) < 4.78 is 0. The van der Waals surface area contributed by atoms with Crippen LogP contribution in [0.15, 0.2) is 0 Å². The summed E-state index contributed by atoms with van der Waals surface area (Å²) in [4.78, 5) is 0. The van der Waals surface area contributed by atoms with Gasteiger partial charge in [-0.2, -0.15) is 0 Å². The van der Waals surface area contributed by atoms with Gasteiger partial charge in [-0.05, 0) is 24.7 Å². The third kappa shape index (κ3) is 11.5. The lowest BCUT2D eigenvalue weighted by Gasteiger charge is -2.30. The third-order valence-electron chi connectivity index (χ3n) is 5.15. The summed E-state index contributed by atoms with van der Waals surface area (Å²) in [5.74, 6) is 0.862. The van der Waals surface area contributed by atoms with Crippen molar-refractivity contribution in [3.8, 4) is 0 Å². The quantitative estimate of drug-likeness (QED) is 0.199. The van der Waals surface area contributed by atoms with Gasteiger partial charge in [-0.3, -0.25) is 0 Å². The Hall–Kier alpha value is 0.290. The van der Waals surface area contributed by atoms with E-state index in [0.29, 0.717) is 5.41 Å². The van der Waals surface area contributed by atoms with Gasteiger partial charge in [-0.15, -0.1) is 11.6 Å². The number of rotatable bonds is 16. The predicted molar refractivity (Wildman–Crippen MR) is 99.4 cm³/mol. The molecule has 0 rings (SSSR count). The highest BCUT2D eigenvalue weighted by Crippen LogP contribution is 2.36. The zero-order valence-corrected chi connectivity index (χ0v) is 15.9. The summed E-state index contributed by atoms with van der Waals surface area (Å²) in [6, 6.07) is 0. The van der Waals surface area contributed by atoms with Crippen molar-refractivity contribution in [2.75, 3.05) is 5.88 Å². The molecule has 0 aromatic heterocycles. The topological polar surface area (TPSA) is 0 Å². The molecule has 128 valence electrons. The van der Waals surface area contributed by atoms with Crippen LogP contribution in [-0.2, 0) is 0 Å². The molecule has 0 fully saturated rings. The molecule has 0 bridgehead atoms. The minimum Gasteiger partial charge on any atom is -0.126 e. The standard InChI is InChI=1S/C20H41Cl/c1-4-7-9-10-11-12-13-14-15-16-18-20(6-3,19-21)17-8-5-2/h4-19H2,1-3H3. The fourth-order valence-corrected chi connectivity index (χ4v) is 3.70. The molecule has 0 nitrogen and oxygen atoms in total. The SMILES string of the molecule is CCCCCCCCCCCCC(CC)(CCl)CCCC. The van der Waals surface area contributed by atoms with E-state index in [4.69, 9.17) is 11.6 Å². The van der Waals surface area contributed by atoms with Gasteiger partial charge in [0.25, 0.3) is 0 Å². The summed E-state index contributed by atoms with van der Waals surface area (Å²) in [5.41, 5.74) is 0.442. The van der Waals surface area contributed by atoms with Crippen LogP contribution in [0.3, 0.4) is 0 Å². The van der Waals surface area contributed by atoms with E-state index in [-0.39, 0.29) is 0 Å². The molecule has 0 aromatic carbocycles. The van der Waals surface area contributed by atoms with Crippen LogP contribution in [0.2, 0.25) is 0 Å². The van der Waals surface area contributed by atoms with E-state index in [2.05, 4.69) is 20.8 Å². The second kappa shape index (κ2) is 15.2. The number of hydrogen-bond donors (Lipinski definition) is 0. The highest BCUT2D eigenvalue weighted by atomic mass is 35.5. The van der Waals surface area contributed by atoms with Crippen LogP contribution in [0.4, 0.5) is 0 Å². The zero-order chi connectivity index (χ0) is 15.8. The van der Waals surface area contributed by atoms with E-state index >= 15 is 0 Å². The van der Waals surface area contributed by atoms with Gasteiger partial charge < -0.3 is 0 Å². The van der Waals surface area contributed by atoms with E-state index in [1.807, 2.05) is 0 Å². The molecule has 1 atom stereocenters. The molecule has 0 spiro atoms. The van der Waals surface area contributed by atoms with E-state index in [1.54, 1.807) is 0 Å². The normalized spacial score (nSPS) is 14.3. The molecular weight excluding hydrogens is 276 g/mol. The van der Waals surface area contributed by atoms with Gasteiger partial charge in [0.1, 0.15) is 0 Å². The summed E-state index contributed by atoms with van der Waals surface area (Å²) in [5, 5.41) is 0. The van der Waals surface area contributed by atoms with Crippen molar-refractivity contribution < 1.29 is 0 Å². The molecule has 1 heteroatoms. The average molecular weight is 317 g/mol. The van der Waals surface area contributed by atoms with Crippen molar-refractivity contribution in [1.82, 2.24) is 0 Å². The molecule has 1 unspecified atom stereocenters. The fourth-order valence-electron chi connectivity index (χ4n) is 3.25. The Kier molecular flexibility index (Phi) is 15.4. The largest absolute Gasteiger partial charge is 0.126 e. The van der Waals surface area contributed by atoms with E-state index in [1.165, 1.54) is 96.3 Å². The monoisotopic (exact) mass is 316 g/mol. The molecule has 0 amide bonds. The molecule has 0 radical (unpaired) electrons. The maximum absolute atomic E-state index is 6.28. The Morgan fingerprint density at radius 3 is 1.43 bits per heavy atom. The Morgan fingerprint density at radius 2 is 1.00 bits per heavy atom. The lowest BCUT2D eigenvalue weighted by atomic mass is 9.77. The first-order valence-corrected chi connectivity index (χ1v) is 10.3. The molecule has 21 heavy (non-hydrogen) atoms. The van der Waals surface area contributed by atoms with Crippen molar-refractivity contribution in [3.05, 3.63) is 0 Å². The molecule has 0 aliphatic rings. The van der Waals surface area contributed by atoms with Gasteiger partial charge in [-0.25, -0.2) is 0 Å². The molecule has 0 N–H and O–H groups in total. The van der Waals surface area contributed by atoms with Crippen LogP contribution >= 0.6 is 11.6 Å². The van der Waals surface area contributed by atoms with Crippen molar-refractivity contribution in [2.24, 2.45) is 5.41 Å². The van der Waals surface area contributed by atoms with Crippen LogP contribution in [-0.4, -0.2) is 5.88 Å². The number of halogens is 1. The molecule has 0 aliphatic carbocycles. The molecule has 0 aromatic rings. The Bertz CT molecular complexity index is 196. The van der Waals surface area contributed by atoms with Crippen LogP contribution < -0.4 is 0 Å². The van der Waals surface area contributed by atoms with Gasteiger partial charge in [0.05, 0.1) is 0 Å². The summed E-state index contributed by atoms with van der Waals surface area (Å²) in [6.07, 6.45) is 20.9. The van der Waals surface area contributed by atoms with Gasteiger partial charge in [0.15, 0.2) is 0 Å². The maximum atomic E-state index is 6.28. The van der Waals surface area contributed by atoms with Gasteiger partial charge in [0.2, 0.25) is 0 Å². The summed E-state index contributed by atoms with van der Waals surface area (Å²) in [6.45, 7) is 6.90. The highest BCUT2D eigenvalue weighted by Gasteiger charge is 2.25. The van der Waals surface area contributed by atoms with Crippen LogP contribution in [0.25, 0.3) is 0 Å². The first-order chi connectivity index (χ1) is 10.2. The van der Waals surface area contributed by atoms with Crippen molar-refractivity contribution in [1.29, 1.82) is 0 Å². The predicted octanol–water partition coefficient (Wildman–Crippen LogP) is 8.12.